The van der Waals surface area contributed by atoms with Crippen LogP contribution >= 0.6 is 0 Å². The second kappa shape index (κ2) is 2.73. The van der Waals surface area contributed by atoms with Gasteiger partial charge in [-0.3, -0.25) is 0 Å². The normalized spacial score (nSPS) is 43.4. The summed E-state index contributed by atoms with van der Waals surface area (Å²) in [7, 11) is 0. The fourth-order valence-corrected chi connectivity index (χ4v) is 2.75. The molecule has 3 atom stereocenters. The zero-order valence-electron chi connectivity index (χ0n) is 9.14. The number of hydrogen-bond donors (Lipinski definition) is 1. The van der Waals surface area contributed by atoms with E-state index in [4.69, 9.17) is 0 Å². The SMILES string of the molecule is CC(C)(C)CCC1(O)CCC2CC21. The van der Waals surface area contributed by atoms with Crippen LogP contribution in [0.5, 0.6) is 0 Å². The molecule has 0 aromatic rings. The first-order valence-electron chi connectivity index (χ1n) is 5.63. The smallest absolute Gasteiger partial charge is 0.0678 e. The summed E-state index contributed by atoms with van der Waals surface area (Å²) in [5.74, 6) is 1.57. The minimum absolute atomic E-state index is 0.266. The second-order valence-electron chi connectivity index (χ2n) is 6.31. The molecule has 0 saturated heterocycles. The van der Waals surface area contributed by atoms with Gasteiger partial charge < -0.3 is 5.11 Å². The van der Waals surface area contributed by atoms with E-state index >= 15 is 0 Å². The number of fused-ring (bicyclic) bond motifs is 1. The Morgan fingerprint density at radius 1 is 1.38 bits per heavy atom. The standard InChI is InChI=1S/C12H22O/c1-11(2,3)6-7-12(13)5-4-9-8-10(9)12/h9-10,13H,4-8H2,1-3H3. The molecule has 0 aliphatic heterocycles. The maximum atomic E-state index is 10.4. The largest absolute Gasteiger partial charge is 0.390 e. The van der Waals surface area contributed by atoms with Crippen molar-refractivity contribution < 1.29 is 5.11 Å². The van der Waals surface area contributed by atoms with E-state index in [1.54, 1.807) is 0 Å². The molecule has 2 saturated carbocycles. The van der Waals surface area contributed by atoms with Gasteiger partial charge in [-0.05, 0) is 49.4 Å². The molecule has 0 radical (unpaired) electrons. The van der Waals surface area contributed by atoms with E-state index in [0.29, 0.717) is 11.3 Å². The predicted molar refractivity (Wildman–Crippen MR) is 54.5 cm³/mol. The lowest BCUT2D eigenvalue weighted by Gasteiger charge is -2.28. The van der Waals surface area contributed by atoms with Crippen molar-refractivity contribution in [3.63, 3.8) is 0 Å². The number of hydrogen-bond acceptors (Lipinski definition) is 1. The van der Waals surface area contributed by atoms with E-state index in [9.17, 15) is 5.11 Å². The predicted octanol–water partition coefficient (Wildman–Crippen LogP) is 2.97. The van der Waals surface area contributed by atoms with Crippen LogP contribution in [-0.4, -0.2) is 10.7 Å². The van der Waals surface area contributed by atoms with Crippen molar-refractivity contribution >= 4 is 0 Å². The van der Waals surface area contributed by atoms with Gasteiger partial charge in [0, 0.05) is 0 Å². The summed E-state index contributed by atoms with van der Waals surface area (Å²) >= 11 is 0. The third-order valence-corrected chi connectivity index (χ3v) is 3.87. The first-order chi connectivity index (χ1) is 5.91. The Bertz CT molecular complexity index is 204. The van der Waals surface area contributed by atoms with Crippen molar-refractivity contribution in [2.24, 2.45) is 17.3 Å². The van der Waals surface area contributed by atoms with Crippen molar-refractivity contribution in [2.45, 2.75) is 58.5 Å². The zero-order valence-corrected chi connectivity index (χ0v) is 9.14. The maximum absolute atomic E-state index is 10.4. The minimum atomic E-state index is -0.266. The molecular weight excluding hydrogens is 160 g/mol. The van der Waals surface area contributed by atoms with E-state index in [0.717, 1.165) is 25.2 Å². The maximum Gasteiger partial charge on any atom is 0.0678 e. The highest BCUT2D eigenvalue weighted by molar-refractivity contribution is 5.07. The van der Waals surface area contributed by atoms with Gasteiger partial charge in [0.15, 0.2) is 0 Å². The van der Waals surface area contributed by atoms with Gasteiger partial charge in [0.25, 0.3) is 0 Å². The van der Waals surface area contributed by atoms with E-state index < -0.39 is 0 Å². The number of aliphatic hydroxyl groups is 1. The van der Waals surface area contributed by atoms with E-state index in [1.807, 2.05) is 0 Å². The molecule has 3 unspecified atom stereocenters. The fraction of sp³-hybridized carbons (Fsp3) is 1.00. The highest BCUT2D eigenvalue weighted by atomic mass is 16.3. The van der Waals surface area contributed by atoms with Crippen LogP contribution in [0.1, 0.15) is 52.9 Å². The second-order valence-corrected chi connectivity index (χ2v) is 6.31. The Hall–Kier alpha value is -0.0400. The van der Waals surface area contributed by atoms with E-state index in [-0.39, 0.29) is 5.60 Å². The summed E-state index contributed by atoms with van der Waals surface area (Å²) in [4.78, 5) is 0. The average molecular weight is 182 g/mol. The van der Waals surface area contributed by atoms with Crippen LogP contribution in [0, 0.1) is 17.3 Å². The lowest BCUT2D eigenvalue weighted by atomic mass is 9.82. The van der Waals surface area contributed by atoms with Gasteiger partial charge in [0.2, 0.25) is 0 Å². The Morgan fingerprint density at radius 2 is 2.08 bits per heavy atom. The average Bonchev–Trinajstić information content (AvgIpc) is 2.70. The molecule has 0 spiro atoms. The Morgan fingerprint density at radius 3 is 2.46 bits per heavy atom. The summed E-state index contributed by atoms with van der Waals surface area (Å²) in [5, 5.41) is 10.4. The first-order valence-corrected chi connectivity index (χ1v) is 5.63. The fourth-order valence-electron chi connectivity index (χ4n) is 2.75. The van der Waals surface area contributed by atoms with Crippen molar-refractivity contribution in [3.8, 4) is 0 Å². The van der Waals surface area contributed by atoms with Gasteiger partial charge in [-0.1, -0.05) is 20.8 Å². The molecule has 0 aromatic heterocycles. The van der Waals surface area contributed by atoms with Crippen LogP contribution in [0.15, 0.2) is 0 Å². The van der Waals surface area contributed by atoms with Crippen LogP contribution in [-0.2, 0) is 0 Å². The molecule has 76 valence electrons. The Labute approximate surface area is 81.5 Å². The molecular formula is C12H22O. The van der Waals surface area contributed by atoms with Crippen molar-refractivity contribution in [2.75, 3.05) is 0 Å². The molecule has 0 aromatic carbocycles. The summed E-state index contributed by atoms with van der Waals surface area (Å²) < 4.78 is 0. The Balaban J connectivity index is 1.87. The van der Waals surface area contributed by atoms with E-state index in [2.05, 4.69) is 20.8 Å². The van der Waals surface area contributed by atoms with E-state index in [1.165, 1.54) is 12.8 Å². The minimum Gasteiger partial charge on any atom is -0.390 e. The van der Waals surface area contributed by atoms with Crippen LogP contribution in [0.4, 0.5) is 0 Å². The summed E-state index contributed by atoms with van der Waals surface area (Å²) in [6.07, 6.45) is 5.84. The molecule has 1 heteroatoms. The number of rotatable bonds is 2. The molecule has 2 aliphatic carbocycles. The van der Waals surface area contributed by atoms with Crippen molar-refractivity contribution in [1.29, 1.82) is 0 Å². The topological polar surface area (TPSA) is 20.2 Å². The summed E-state index contributed by atoms with van der Waals surface area (Å²) in [6, 6.07) is 0. The van der Waals surface area contributed by atoms with Crippen LogP contribution < -0.4 is 0 Å². The van der Waals surface area contributed by atoms with Gasteiger partial charge >= 0.3 is 0 Å². The van der Waals surface area contributed by atoms with Crippen molar-refractivity contribution in [1.82, 2.24) is 0 Å². The van der Waals surface area contributed by atoms with Gasteiger partial charge in [-0.25, -0.2) is 0 Å². The van der Waals surface area contributed by atoms with Crippen LogP contribution in [0.2, 0.25) is 0 Å². The Kier molecular flexibility index (Phi) is 1.99. The van der Waals surface area contributed by atoms with Crippen LogP contribution in [0.3, 0.4) is 0 Å². The third-order valence-electron chi connectivity index (χ3n) is 3.87. The molecule has 13 heavy (non-hydrogen) atoms. The van der Waals surface area contributed by atoms with Crippen molar-refractivity contribution in [3.05, 3.63) is 0 Å². The third kappa shape index (κ3) is 1.90. The van der Waals surface area contributed by atoms with Gasteiger partial charge in [0.05, 0.1) is 5.60 Å². The highest BCUT2D eigenvalue weighted by Crippen LogP contribution is 2.59. The zero-order chi connectivity index (χ0) is 9.69. The first kappa shape index (κ1) is 9.51. The summed E-state index contributed by atoms with van der Waals surface area (Å²) in [6.45, 7) is 6.78. The summed E-state index contributed by atoms with van der Waals surface area (Å²) in [5.41, 5.74) is 0.112. The molecule has 1 nitrogen and oxygen atoms in total. The lowest BCUT2D eigenvalue weighted by Crippen LogP contribution is -2.30. The quantitative estimate of drug-likeness (QED) is 0.696. The van der Waals surface area contributed by atoms with Crippen LogP contribution in [0.25, 0.3) is 0 Å². The molecule has 0 bridgehead atoms. The molecule has 2 rings (SSSR count). The molecule has 2 fully saturated rings. The highest BCUT2D eigenvalue weighted by Gasteiger charge is 2.56. The van der Waals surface area contributed by atoms with Gasteiger partial charge in [0.1, 0.15) is 0 Å². The van der Waals surface area contributed by atoms with Gasteiger partial charge in [-0.15, -0.1) is 0 Å². The monoisotopic (exact) mass is 182 g/mol. The lowest BCUT2D eigenvalue weighted by molar-refractivity contribution is 0.00654. The molecule has 1 N–H and O–H groups in total. The molecule has 0 heterocycles. The van der Waals surface area contributed by atoms with Gasteiger partial charge in [-0.2, -0.15) is 0 Å². The molecule has 0 amide bonds. The molecule has 2 aliphatic rings.